The fourth-order valence-corrected chi connectivity index (χ4v) is 8.08. The SMILES string of the molecule is CC(C)(C)c1ccc(S(=O)(=O)Nc2cc(Cl)cnc2C(=O)c2cccc(N)n2)cc1.CC(C)(C)c1ccc(S(=O)(=O)Nc2cc(Cl)cnc2C(=O)c2cccc(NC(N)=O)n2)cc1. The van der Waals surface area contributed by atoms with Crippen molar-refractivity contribution >= 4 is 83.9 Å². The second-order valence-corrected chi connectivity index (χ2v) is 20.1. The second kappa shape index (κ2) is 18.9. The number of halogens is 2. The standard InChI is InChI=1S/C22H22ClN5O4S.C21H21ClN4O3S/c1-22(2,3)13-7-9-15(10-8-13)33(31,32)28-17-11-14(23)12-25-19(17)20(29)16-5-4-6-18(26-16)27-21(24)30;1-21(2,3)13-7-9-15(10-8-13)30(28,29)26-17-11-14(22)12-24-19(17)20(27)16-5-4-6-18(23)25-16/h4-12,28H,1-3H3,(H3,24,26,27,30);4-12,26H,1-3H3,(H2,23,25). The van der Waals surface area contributed by atoms with E-state index in [1.54, 1.807) is 30.3 Å². The van der Waals surface area contributed by atoms with Gasteiger partial charge in [0.25, 0.3) is 20.0 Å². The third-order valence-corrected chi connectivity index (χ3v) is 12.1. The average Bonchev–Trinajstić information content (AvgIpc) is 3.20. The van der Waals surface area contributed by atoms with Crippen molar-refractivity contribution in [2.24, 2.45) is 5.73 Å². The lowest BCUT2D eigenvalue weighted by molar-refractivity contribution is 0.102. The molecule has 328 valence electrons. The second-order valence-electron chi connectivity index (χ2n) is 15.9. The van der Waals surface area contributed by atoms with E-state index in [1.165, 1.54) is 79.1 Å². The first kappa shape index (κ1) is 47.6. The molecule has 7 N–H and O–H groups in total. The Balaban J connectivity index is 0.000000239. The Morgan fingerprint density at radius 1 is 0.587 bits per heavy atom. The molecule has 0 unspecified atom stereocenters. The quantitative estimate of drug-likeness (QED) is 0.0775. The monoisotopic (exact) mass is 931 g/mol. The zero-order valence-corrected chi connectivity index (χ0v) is 37.9. The summed E-state index contributed by atoms with van der Waals surface area (Å²) in [5, 5.41) is 2.58. The highest BCUT2D eigenvalue weighted by Gasteiger charge is 2.25. The van der Waals surface area contributed by atoms with E-state index in [-0.39, 0.29) is 76.5 Å². The summed E-state index contributed by atoms with van der Waals surface area (Å²) in [5.74, 6) is -1.04. The minimum absolute atomic E-state index is 0.0136. The fourth-order valence-electron chi connectivity index (χ4n) is 5.65. The van der Waals surface area contributed by atoms with Gasteiger partial charge in [-0.3, -0.25) is 24.4 Å². The van der Waals surface area contributed by atoms with Crippen LogP contribution in [-0.4, -0.2) is 54.4 Å². The number of amides is 2. The van der Waals surface area contributed by atoms with Gasteiger partial charge in [0, 0.05) is 12.4 Å². The van der Waals surface area contributed by atoms with Crippen LogP contribution in [0.15, 0.2) is 119 Å². The van der Waals surface area contributed by atoms with Crippen molar-refractivity contribution in [1.29, 1.82) is 0 Å². The molecule has 0 aliphatic carbocycles. The van der Waals surface area contributed by atoms with Crippen molar-refractivity contribution < 1.29 is 31.2 Å². The molecule has 2 amide bonds. The number of rotatable bonds is 11. The van der Waals surface area contributed by atoms with Crippen molar-refractivity contribution in [3.05, 3.63) is 153 Å². The maximum atomic E-state index is 13.0. The van der Waals surface area contributed by atoms with Crippen LogP contribution in [-0.2, 0) is 30.9 Å². The van der Waals surface area contributed by atoms with E-state index in [4.69, 9.17) is 34.7 Å². The summed E-state index contributed by atoms with van der Waals surface area (Å²) in [6.45, 7) is 12.2. The highest BCUT2D eigenvalue weighted by Crippen LogP contribution is 2.29. The zero-order chi connectivity index (χ0) is 46.5. The molecule has 4 heterocycles. The molecular weight excluding hydrogens is 890 g/mol. The molecule has 0 bridgehead atoms. The van der Waals surface area contributed by atoms with Crippen LogP contribution < -0.4 is 26.2 Å². The molecule has 2 aromatic carbocycles. The number of ketones is 2. The maximum Gasteiger partial charge on any atom is 0.317 e. The summed E-state index contributed by atoms with van der Waals surface area (Å²) in [6.07, 6.45) is 2.48. The summed E-state index contributed by atoms with van der Waals surface area (Å²) >= 11 is 12.0. The van der Waals surface area contributed by atoms with Crippen molar-refractivity contribution in [3.8, 4) is 0 Å². The van der Waals surface area contributed by atoms with Crippen molar-refractivity contribution in [2.45, 2.75) is 62.2 Å². The molecule has 6 rings (SSSR count). The zero-order valence-electron chi connectivity index (χ0n) is 34.8. The Labute approximate surface area is 375 Å². The number of carbonyl (C=O) groups is 3. The van der Waals surface area contributed by atoms with Crippen LogP contribution in [0.5, 0.6) is 0 Å². The largest absolute Gasteiger partial charge is 0.384 e. The minimum Gasteiger partial charge on any atom is -0.384 e. The number of nitrogen functional groups attached to an aromatic ring is 1. The highest BCUT2D eigenvalue weighted by molar-refractivity contribution is 7.93. The maximum absolute atomic E-state index is 13.0. The van der Waals surface area contributed by atoms with Crippen molar-refractivity contribution in [2.75, 3.05) is 20.5 Å². The summed E-state index contributed by atoms with van der Waals surface area (Å²) < 4.78 is 56.6. The topological polar surface area (TPSA) is 259 Å². The van der Waals surface area contributed by atoms with E-state index in [2.05, 4.69) is 34.7 Å². The van der Waals surface area contributed by atoms with Crippen LogP contribution in [0.4, 0.5) is 27.8 Å². The van der Waals surface area contributed by atoms with E-state index >= 15 is 0 Å². The predicted octanol–water partition coefficient (Wildman–Crippen LogP) is 7.99. The normalized spacial score (nSPS) is 11.7. The molecule has 0 atom stereocenters. The lowest BCUT2D eigenvalue weighted by atomic mass is 9.87. The molecule has 16 nitrogen and oxygen atoms in total. The van der Waals surface area contributed by atoms with Crippen LogP contribution in [0.25, 0.3) is 0 Å². The molecule has 0 aliphatic heterocycles. The third kappa shape index (κ3) is 12.3. The van der Waals surface area contributed by atoms with Gasteiger partial charge in [-0.2, -0.15) is 0 Å². The Hall–Kier alpha value is -6.47. The van der Waals surface area contributed by atoms with Gasteiger partial charge in [-0.25, -0.2) is 41.6 Å². The molecule has 0 aliphatic rings. The van der Waals surface area contributed by atoms with E-state index < -0.39 is 37.6 Å². The molecule has 0 saturated carbocycles. The molecule has 0 fully saturated rings. The first-order valence-electron chi connectivity index (χ1n) is 18.8. The van der Waals surface area contributed by atoms with Gasteiger partial charge in [0.1, 0.15) is 34.4 Å². The number of benzene rings is 2. The molecule has 0 radical (unpaired) electrons. The van der Waals surface area contributed by atoms with Crippen molar-refractivity contribution in [1.82, 2.24) is 19.9 Å². The van der Waals surface area contributed by atoms with Gasteiger partial charge in [-0.1, -0.05) is 101 Å². The van der Waals surface area contributed by atoms with Crippen LogP contribution in [0.1, 0.15) is 85.0 Å². The molecular formula is C43H43Cl2N9O7S2. The number of pyridine rings is 4. The first-order valence-corrected chi connectivity index (χ1v) is 22.5. The smallest absolute Gasteiger partial charge is 0.317 e. The van der Waals surface area contributed by atoms with Gasteiger partial charge in [0.15, 0.2) is 0 Å². The lowest BCUT2D eigenvalue weighted by Crippen LogP contribution is -2.21. The Morgan fingerprint density at radius 2 is 0.984 bits per heavy atom. The number of nitrogens with zero attached hydrogens (tertiary/aromatic N) is 4. The van der Waals surface area contributed by atoms with Crippen LogP contribution >= 0.6 is 23.2 Å². The molecule has 63 heavy (non-hydrogen) atoms. The number of nitrogens with one attached hydrogen (secondary N) is 3. The van der Waals surface area contributed by atoms with Gasteiger partial charge in [-0.15, -0.1) is 0 Å². The minimum atomic E-state index is -4.05. The number of anilines is 4. The van der Waals surface area contributed by atoms with Crippen molar-refractivity contribution in [3.63, 3.8) is 0 Å². The number of aromatic nitrogens is 4. The van der Waals surface area contributed by atoms with E-state index in [0.717, 1.165) is 11.1 Å². The number of sulfonamides is 2. The summed E-state index contributed by atoms with van der Waals surface area (Å²) in [6, 6.07) is 23.7. The first-order chi connectivity index (χ1) is 29.3. The number of primary amides is 1. The third-order valence-electron chi connectivity index (χ3n) is 8.93. The van der Waals surface area contributed by atoms with E-state index in [1.807, 2.05) is 41.5 Å². The average molecular weight is 933 g/mol. The van der Waals surface area contributed by atoms with Crippen LogP contribution in [0, 0.1) is 0 Å². The number of nitrogens with two attached hydrogens (primary N) is 2. The summed E-state index contributed by atoms with van der Waals surface area (Å²) in [5.41, 5.74) is 11.9. The summed E-state index contributed by atoms with van der Waals surface area (Å²) in [7, 11) is -8.03. The molecule has 4 aromatic heterocycles. The number of urea groups is 1. The number of carbonyl (C=O) groups excluding carboxylic acids is 3. The Morgan fingerprint density at radius 3 is 1.37 bits per heavy atom. The fraction of sp³-hybridized carbons (Fsp3) is 0.186. The van der Waals surface area contributed by atoms with E-state index in [0.29, 0.717) is 0 Å². The lowest BCUT2D eigenvalue weighted by Gasteiger charge is -2.19. The van der Waals surface area contributed by atoms with Crippen LogP contribution in [0.2, 0.25) is 10.0 Å². The van der Waals surface area contributed by atoms with Gasteiger partial charge in [0.05, 0.1) is 31.2 Å². The Kier molecular flexibility index (Phi) is 14.3. The molecule has 0 spiro atoms. The van der Waals surface area contributed by atoms with Crippen LogP contribution in [0.3, 0.4) is 0 Å². The van der Waals surface area contributed by atoms with Gasteiger partial charge in [0.2, 0.25) is 11.6 Å². The van der Waals surface area contributed by atoms with Gasteiger partial charge in [-0.05, 0) is 82.6 Å². The molecule has 0 saturated heterocycles. The predicted molar refractivity (Wildman–Crippen MR) is 243 cm³/mol. The number of hydrogen-bond donors (Lipinski definition) is 5. The van der Waals surface area contributed by atoms with Gasteiger partial charge < -0.3 is 11.5 Å². The highest BCUT2D eigenvalue weighted by atomic mass is 35.5. The molecule has 6 aromatic rings. The van der Waals surface area contributed by atoms with Gasteiger partial charge >= 0.3 is 6.03 Å². The number of hydrogen-bond acceptors (Lipinski definition) is 12. The summed E-state index contributed by atoms with van der Waals surface area (Å²) in [4.78, 5) is 53.1. The van der Waals surface area contributed by atoms with E-state index in [9.17, 15) is 31.2 Å². The molecule has 20 heteroatoms. The Bertz CT molecular complexity index is 2920.